The number of rotatable bonds is 0. The van der Waals surface area contributed by atoms with E-state index in [1.54, 1.807) is 0 Å². The van der Waals surface area contributed by atoms with Gasteiger partial charge in [0.2, 0.25) is 0 Å². The average molecular weight is 169 g/mol. The van der Waals surface area contributed by atoms with Crippen LogP contribution >= 0.6 is 0 Å². The van der Waals surface area contributed by atoms with Crippen LogP contribution in [0.4, 0.5) is 0 Å². The van der Waals surface area contributed by atoms with Crippen LogP contribution in [-0.2, 0) is 4.79 Å². The maximum atomic E-state index is 11.5. The summed E-state index contributed by atoms with van der Waals surface area (Å²) in [4.78, 5) is 11.5. The summed E-state index contributed by atoms with van der Waals surface area (Å²) < 4.78 is 0. The van der Waals surface area contributed by atoms with E-state index in [4.69, 9.17) is 0 Å². The fourth-order valence-electron chi connectivity index (χ4n) is 1.28. The molecule has 0 aromatic rings. The third-order valence-electron chi connectivity index (χ3n) is 3.27. The van der Waals surface area contributed by atoms with Crippen molar-refractivity contribution in [3.63, 3.8) is 0 Å². The van der Waals surface area contributed by atoms with Crippen LogP contribution in [0.3, 0.4) is 0 Å². The van der Waals surface area contributed by atoms with E-state index in [-0.39, 0.29) is 11.3 Å². The van der Waals surface area contributed by atoms with Gasteiger partial charge in [0, 0.05) is 11.1 Å². The van der Waals surface area contributed by atoms with Crippen molar-refractivity contribution in [2.45, 2.75) is 27.7 Å². The number of carbonyl (C=O) groups excluding carboxylic acids is 1. The molecule has 1 aliphatic heterocycles. The summed E-state index contributed by atoms with van der Waals surface area (Å²) in [6.07, 6.45) is 0. The minimum absolute atomic E-state index is 0.280. The summed E-state index contributed by atoms with van der Waals surface area (Å²) >= 11 is 0. The molecule has 1 fully saturated rings. The highest BCUT2D eigenvalue weighted by molar-refractivity contribution is 5.87. The minimum Gasteiger partial charge on any atom is -0.281 e. The van der Waals surface area contributed by atoms with Crippen LogP contribution < -0.4 is 0 Å². The van der Waals surface area contributed by atoms with E-state index in [1.807, 2.05) is 27.7 Å². The fourth-order valence-corrected chi connectivity index (χ4v) is 1.28. The van der Waals surface area contributed by atoms with Gasteiger partial charge in [0.1, 0.15) is 0 Å². The van der Waals surface area contributed by atoms with Gasteiger partial charge >= 0.3 is 0 Å². The van der Waals surface area contributed by atoms with Crippen molar-refractivity contribution in [2.24, 2.45) is 10.8 Å². The lowest BCUT2D eigenvalue weighted by Crippen LogP contribution is -2.33. The normalized spacial score (nSPS) is 26.6. The zero-order valence-electron chi connectivity index (χ0n) is 8.01. The molecule has 0 unspecified atom stereocenters. The number of hydroxylamine groups is 2. The monoisotopic (exact) mass is 169 g/mol. The molecule has 1 heterocycles. The highest BCUT2D eigenvalue weighted by Crippen LogP contribution is 2.51. The lowest BCUT2D eigenvalue weighted by molar-refractivity contribution is -0.158. The first-order chi connectivity index (χ1) is 5.23. The number of hydrogen-bond acceptors (Lipinski definition) is 2. The molecule has 3 heteroatoms. The van der Waals surface area contributed by atoms with Crippen LogP contribution in [0.2, 0.25) is 0 Å². The molecule has 12 heavy (non-hydrogen) atoms. The molecule has 3 nitrogen and oxygen atoms in total. The summed E-state index contributed by atoms with van der Waals surface area (Å²) in [5.41, 5.74) is -0.477. The molecule has 1 aliphatic rings. The van der Waals surface area contributed by atoms with Crippen molar-refractivity contribution < 1.29 is 10.0 Å². The van der Waals surface area contributed by atoms with Crippen molar-refractivity contribution >= 4 is 5.91 Å². The standard InChI is InChI=1S/C9H15NO2/c1-6-8(2,3)9(4,5)7(11)10(6)12/h12H,1H2,2-5H3. The van der Waals surface area contributed by atoms with E-state index in [0.717, 1.165) is 0 Å². The van der Waals surface area contributed by atoms with Crippen molar-refractivity contribution in [1.29, 1.82) is 0 Å². The molecule has 1 rings (SSSR count). The Morgan fingerprint density at radius 1 is 1.25 bits per heavy atom. The van der Waals surface area contributed by atoms with Crippen molar-refractivity contribution in [1.82, 2.24) is 5.06 Å². The van der Waals surface area contributed by atoms with E-state index < -0.39 is 5.41 Å². The largest absolute Gasteiger partial charge is 0.281 e. The first-order valence-electron chi connectivity index (χ1n) is 3.95. The van der Waals surface area contributed by atoms with Crippen molar-refractivity contribution in [3.05, 3.63) is 12.3 Å². The van der Waals surface area contributed by atoms with Gasteiger partial charge in [-0.05, 0) is 0 Å². The number of carbonyl (C=O) groups is 1. The zero-order chi connectivity index (χ0) is 9.73. The van der Waals surface area contributed by atoms with E-state index in [2.05, 4.69) is 6.58 Å². The molecule has 0 spiro atoms. The van der Waals surface area contributed by atoms with Crippen LogP contribution in [0.25, 0.3) is 0 Å². The van der Waals surface area contributed by atoms with Gasteiger partial charge in [-0.1, -0.05) is 34.3 Å². The molecule has 0 aromatic carbocycles. The molecule has 1 N–H and O–H groups in total. The fraction of sp³-hybridized carbons (Fsp3) is 0.667. The molecule has 0 aromatic heterocycles. The summed E-state index contributed by atoms with van der Waals surface area (Å²) in [5, 5.41) is 9.99. The zero-order valence-corrected chi connectivity index (χ0v) is 8.01. The Hall–Kier alpha value is -0.830. The van der Waals surface area contributed by atoms with Crippen LogP contribution in [0, 0.1) is 10.8 Å². The number of hydrogen-bond donors (Lipinski definition) is 1. The Balaban J connectivity index is 3.24. The molecule has 68 valence electrons. The van der Waals surface area contributed by atoms with Crippen molar-refractivity contribution in [3.8, 4) is 0 Å². The second-order valence-electron chi connectivity index (χ2n) is 4.31. The number of allylic oxidation sites excluding steroid dienone is 1. The molecular weight excluding hydrogens is 154 g/mol. The molecule has 1 saturated heterocycles. The van der Waals surface area contributed by atoms with E-state index in [1.165, 1.54) is 0 Å². The Morgan fingerprint density at radius 2 is 1.67 bits per heavy atom. The predicted octanol–water partition coefficient (Wildman–Crippen LogP) is 1.78. The van der Waals surface area contributed by atoms with Gasteiger partial charge in [-0.3, -0.25) is 10.0 Å². The third-order valence-corrected chi connectivity index (χ3v) is 3.27. The highest BCUT2D eigenvalue weighted by Gasteiger charge is 2.55. The topological polar surface area (TPSA) is 40.5 Å². The lowest BCUT2D eigenvalue weighted by atomic mass is 9.69. The Morgan fingerprint density at radius 3 is 1.75 bits per heavy atom. The summed E-state index contributed by atoms with van der Waals surface area (Å²) in [7, 11) is 0. The van der Waals surface area contributed by atoms with Crippen LogP contribution in [0.15, 0.2) is 12.3 Å². The van der Waals surface area contributed by atoms with Gasteiger partial charge in [-0.2, -0.15) is 5.06 Å². The molecule has 0 atom stereocenters. The summed E-state index contributed by atoms with van der Waals surface area (Å²) in [6, 6.07) is 0. The Labute approximate surface area is 72.6 Å². The molecule has 0 bridgehead atoms. The van der Waals surface area contributed by atoms with Gasteiger partial charge in [-0.25, -0.2) is 0 Å². The lowest BCUT2D eigenvalue weighted by Gasteiger charge is -2.30. The molecule has 0 saturated carbocycles. The Bertz CT molecular complexity index is 227. The molecular formula is C9H15NO2. The Kier molecular flexibility index (Phi) is 1.62. The first-order valence-corrected chi connectivity index (χ1v) is 3.95. The number of nitrogens with zero attached hydrogens (tertiary/aromatic N) is 1. The average Bonchev–Trinajstić information content (AvgIpc) is 2.05. The third kappa shape index (κ3) is 0.771. The van der Waals surface area contributed by atoms with Gasteiger partial charge < -0.3 is 0 Å². The van der Waals surface area contributed by atoms with Gasteiger partial charge in [-0.15, -0.1) is 0 Å². The molecule has 0 aliphatic carbocycles. The smallest absolute Gasteiger partial charge is 0.256 e. The SMILES string of the molecule is C=C1N(O)C(=O)C(C)(C)C1(C)C. The van der Waals surface area contributed by atoms with E-state index in [9.17, 15) is 10.0 Å². The quantitative estimate of drug-likeness (QED) is 0.561. The van der Waals surface area contributed by atoms with E-state index in [0.29, 0.717) is 10.8 Å². The second kappa shape index (κ2) is 2.10. The van der Waals surface area contributed by atoms with Crippen LogP contribution in [-0.4, -0.2) is 16.2 Å². The minimum atomic E-state index is -0.571. The molecule has 1 amide bonds. The maximum absolute atomic E-state index is 11.5. The maximum Gasteiger partial charge on any atom is 0.256 e. The van der Waals surface area contributed by atoms with Crippen LogP contribution in [0.5, 0.6) is 0 Å². The van der Waals surface area contributed by atoms with Gasteiger partial charge in [0.05, 0.1) is 5.41 Å². The summed E-state index contributed by atoms with van der Waals surface area (Å²) in [5.74, 6) is -0.280. The highest BCUT2D eigenvalue weighted by atomic mass is 16.5. The molecule has 0 radical (unpaired) electrons. The van der Waals surface area contributed by atoms with Crippen LogP contribution in [0.1, 0.15) is 27.7 Å². The number of amides is 1. The van der Waals surface area contributed by atoms with Gasteiger partial charge in [0.15, 0.2) is 0 Å². The van der Waals surface area contributed by atoms with Crippen molar-refractivity contribution in [2.75, 3.05) is 0 Å². The summed E-state index contributed by atoms with van der Waals surface area (Å²) in [6.45, 7) is 11.1. The second-order valence-corrected chi connectivity index (χ2v) is 4.31. The first kappa shape index (κ1) is 9.26. The predicted molar refractivity (Wildman–Crippen MR) is 45.3 cm³/mol. The van der Waals surface area contributed by atoms with E-state index >= 15 is 0 Å². The van der Waals surface area contributed by atoms with Gasteiger partial charge in [0.25, 0.3) is 5.91 Å².